The highest BCUT2D eigenvalue weighted by Gasteiger charge is 2.12. The van der Waals surface area contributed by atoms with E-state index < -0.39 is 18.0 Å². The highest BCUT2D eigenvalue weighted by Crippen LogP contribution is 2.24. The molecule has 0 saturated heterocycles. The number of nitro groups is 1. The molecule has 1 aromatic carbocycles. The molecule has 0 bridgehead atoms. The molecule has 0 aliphatic rings. The fourth-order valence-electron chi connectivity index (χ4n) is 1.44. The number of benzene rings is 1. The molecule has 5 nitrogen and oxygen atoms in total. The van der Waals surface area contributed by atoms with Crippen LogP contribution in [0.5, 0.6) is 0 Å². The van der Waals surface area contributed by atoms with Gasteiger partial charge in [-0.1, -0.05) is 6.07 Å². The Kier molecular flexibility index (Phi) is 5.44. The van der Waals surface area contributed by atoms with Crippen LogP contribution in [0.2, 0.25) is 0 Å². The monoisotopic (exact) mass is 260 g/mol. The van der Waals surface area contributed by atoms with E-state index in [1.54, 1.807) is 19.1 Å². The van der Waals surface area contributed by atoms with E-state index in [9.17, 15) is 18.9 Å². The van der Waals surface area contributed by atoms with Gasteiger partial charge in [0.1, 0.15) is 6.61 Å². The summed E-state index contributed by atoms with van der Waals surface area (Å²) in [5, 5.41) is 13.6. The molecule has 0 saturated carbocycles. The number of alkyl halides is 2. The zero-order valence-electron chi connectivity index (χ0n) is 9.86. The first-order valence-electron chi connectivity index (χ1n) is 5.36. The Hall–Kier alpha value is -1.76. The summed E-state index contributed by atoms with van der Waals surface area (Å²) < 4.78 is 28.2. The lowest BCUT2D eigenvalue weighted by molar-refractivity contribution is -0.385. The first-order chi connectivity index (χ1) is 8.52. The van der Waals surface area contributed by atoms with Gasteiger partial charge < -0.3 is 10.1 Å². The van der Waals surface area contributed by atoms with Crippen LogP contribution in [0.3, 0.4) is 0 Å². The van der Waals surface area contributed by atoms with Crippen molar-refractivity contribution in [1.29, 1.82) is 0 Å². The quantitative estimate of drug-likeness (QED) is 0.465. The van der Waals surface area contributed by atoms with Crippen molar-refractivity contribution in [2.75, 3.05) is 25.1 Å². The van der Waals surface area contributed by atoms with Gasteiger partial charge in [-0.05, 0) is 13.0 Å². The Labute approximate surface area is 103 Å². The molecule has 0 heterocycles. The van der Waals surface area contributed by atoms with Crippen molar-refractivity contribution in [3.8, 4) is 0 Å². The van der Waals surface area contributed by atoms with Gasteiger partial charge in [-0.3, -0.25) is 10.1 Å². The molecule has 7 heteroatoms. The van der Waals surface area contributed by atoms with Crippen LogP contribution in [0.25, 0.3) is 0 Å². The molecule has 18 heavy (non-hydrogen) atoms. The van der Waals surface area contributed by atoms with Crippen LogP contribution in [0.1, 0.15) is 5.56 Å². The number of anilines is 1. The number of ether oxygens (including phenoxy) is 1. The minimum atomic E-state index is -2.48. The van der Waals surface area contributed by atoms with Gasteiger partial charge in [0.2, 0.25) is 0 Å². The molecule has 0 radical (unpaired) electrons. The normalized spacial score (nSPS) is 10.7. The first kappa shape index (κ1) is 14.3. The van der Waals surface area contributed by atoms with Crippen molar-refractivity contribution in [2.45, 2.75) is 13.3 Å². The fraction of sp³-hybridized carbons (Fsp3) is 0.455. The Morgan fingerprint density at radius 2 is 2.22 bits per heavy atom. The van der Waals surface area contributed by atoms with Crippen LogP contribution in [0.4, 0.5) is 20.2 Å². The lowest BCUT2D eigenvalue weighted by atomic mass is 10.1. The number of nitro benzene ring substituents is 1. The SMILES string of the molecule is Cc1c(NCCOCC(F)F)cccc1[N+](=O)[O-]. The Morgan fingerprint density at radius 3 is 2.83 bits per heavy atom. The molecule has 0 aliphatic carbocycles. The van der Waals surface area contributed by atoms with Gasteiger partial charge in [0.05, 0.1) is 11.5 Å². The largest absolute Gasteiger partial charge is 0.382 e. The van der Waals surface area contributed by atoms with Gasteiger partial charge in [0, 0.05) is 23.9 Å². The highest BCUT2D eigenvalue weighted by molar-refractivity contribution is 5.59. The van der Waals surface area contributed by atoms with E-state index in [4.69, 9.17) is 0 Å². The smallest absolute Gasteiger partial charge is 0.274 e. The molecule has 1 rings (SSSR count). The molecule has 0 aromatic heterocycles. The molecule has 1 aromatic rings. The third kappa shape index (κ3) is 4.25. The summed E-state index contributed by atoms with van der Waals surface area (Å²) in [4.78, 5) is 10.2. The van der Waals surface area contributed by atoms with E-state index in [2.05, 4.69) is 10.1 Å². The molecule has 0 amide bonds. The lowest BCUT2D eigenvalue weighted by Gasteiger charge is -2.09. The van der Waals surface area contributed by atoms with Crippen LogP contribution in [0.15, 0.2) is 18.2 Å². The van der Waals surface area contributed by atoms with E-state index in [0.717, 1.165) is 0 Å². The van der Waals surface area contributed by atoms with E-state index >= 15 is 0 Å². The van der Waals surface area contributed by atoms with E-state index in [1.165, 1.54) is 6.07 Å². The van der Waals surface area contributed by atoms with Crippen molar-refractivity contribution < 1.29 is 18.4 Å². The van der Waals surface area contributed by atoms with Gasteiger partial charge in [0.15, 0.2) is 0 Å². The second-order valence-corrected chi connectivity index (χ2v) is 3.60. The van der Waals surface area contributed by atoms with Crippen LogP contribution < -0.4 is 5.32 Å². The average molecular weight is 260 g/mol. The van der Waals surface area contributed by atoms with E-state index in [-0.39, 0.29) is 12.3 Å². The molecular formula is C11H14F2N2O3. The van der Waals surface area contributed by atoms with Gasteiger partial charge in [-0.2, -0.15) is 0 Å². The number of halogens is 2. The first-order valence-corrected chi connectivity index (χ1v) is 5.36. The summed E-state index contributed by atoms with van der Waals surface area (Å²) in [5.41, 5.74) is 1.13. The number of nitrogens with one attached hydrogen (secondary N) is 1. The summed E-state index contributed by atoms with van der Waals surface area (Å²) in [6.07, 6.45) is -2.48. The summed E-state index contributed by atoms with van der Waals surface area (Å²) in [7, 11) is 0. The van der Waals surface area contributed by atoms with Crippen molar-refractivity contribution in [2.24, 2.45) is 0 Å². The van der Waals surface area contributed by atoms with Crippen LogP contribution in [-0.2, 0) is 4.74 Å². The van der Waals surface area contributed by atoms with Crippen LogP contribution in [0, 0.1) is 17.0 Å². The van der Waals surface area contributed by atoms with Crippen molar-refractivity contribution >= 4 is 11.4 Å². The van der Waals surface area contributed by atoms with Gasteiger partial charge in [-0.15, -0.1) is 0 Å². The molecule has 0 fully saturated rings. The Morgan fingerprint density at radius 1 is 1.50 bits per heavy atom. The van der Waals surface area contributed by atoms with Crippen molar-refractivity contribution in [3.05, 3.63) is 33.9 Å². The molecule has 0 unspecified atom stereocenters. The van der Waals surface area contributed by atoms with E-state index in [1.807, 2.05) is 0 Å². The Balaban J connectivity index is 2.48. The van der Waals surface area contributed by atoms with Gasteiger partial charge in [-0.25, -0.2) is 8.78 Å². The summed E-state index contributed by atoms with van der Waals surface area (Å²) in [6, 6.07) is 4.66. The zero-order valence-corrected chi connectivity index (χ0v) is 9.86. The van der Waals surface area contributed by atoms with Gasteiger partial charge >= 0.3 is 0 Å². The van der Waals surface area contributed by atoms with Crippen LogP contribution in [-0.4, -0.2) is 31.1 Å². The number of hydrogen-bond acceptors (Lipinski definition) is 4. The average Bonchev–Trinajstić information content (AvgIpc) is 2.30. The van der Waals surface area contributed by atoms with Crippen molar-refractivity contribution in [3.63, 3.8) is 0 Å². The standard InChI is InChI=1S/C11H14F2N2O3/c1-8-9(3-2-4-10(8)15(16)17)14-5-6-18-7-11(12)13/h2-4,11,14H,5-7H2,1H3. The minimum absolute atomic E-state index is 0.0218. The highest BCUT2D eigenvalue weighted by atomic mass is 19.3. The molecule has 1 N–H and O–H groups in total. The summed E-state index contributed by atoms with van der Waals surface area (Å²) >= 11 is 0. The predicted octanol–water partition coefficient (Wildman–Crippen LogP) is 2.60. The number of nitrogens with zero attached hydrogens (tertiary/aromatic N) is 1. The Bertz CT molecular complexity index is 413. The molecule has 0 spiro atoms. The summed E-state index contributed by atoms with van der Waals surface area (Å²) in [6.45, 7) is 1.46. The van der Waals surface area contributed by atoms with Crippen molar-refractivity contribution in [1.82, 2.24) is 0 Å². The zero-order chi connectivity index (χ0) is 13.5. The maximum Gasteiger partial charge on any atom is 0.274 e. The molecule has 0 atom stereocenters. The molecular weight excluding hydrogens is 246 g/mol. The maximum absolute atomic E-state index is 11.8. The lowest BCUT2D eigenvalue weighted by Crippen LogP contribution is -2.13. The predicted molar refractivity (Wildman–Crippen MR) is 63.1 cm³/mol. The number of rotatable bonds is 7. The third-order valence-electron chi connectivity index (χ3n) is 2.31. The van der Waals surface area contributed by atoms with E-state index in [0.29, 0.717) is 17.8 Å². The second-order valence-electron chi connectivity index (χ2n) is 3.60. The topological polar surface area (TPSA) is 64.4 Å². The third-order valence-corrected chi connectivity index (χ3v) is 2.31. The maximum atomic E-state index is 11.8. The summed E-state index contributed by atoms with van der Waals surface area (Å²) in [5.74, 6) is 0. The number of hydrogen-bond donors (Lipinski definition) is 1. The molecule has 0 aliphatic heterocycles. The second kappa shape index (κ2) is 6.85. The van der Waals surface area contributed by atoms with Crippen LogP contribution >= 0.6 is 0 Å². The fourth-order valence-corrected chi connectivity index (χ4v) is 1.44. The minimum Gasteiger partial charge on any atom is -0.382 e. The van der Waals surface area contributed by atoms with Gasteiger partial charge in [0.25, 0.3) is 12.1 Å². The molecule has 100 valence electrons.